The van der Waals surface area contributed by atoms with Crippen molar-refractivity contribution < 1.29 is 4.79 Å². The minimum absolute atomic E-state index is 0.0445. The molecule has 2 heterocycles. The van der Waals surface area contributed by atoms with Crippen LogP contribution in [0.2, 0.25) is 0 Å². The summed E-state index contributed by atoms with van der Waals surface area (Å²) in [7, 11) is 0. The summed E-state index contributed by atoms with van der Waals surface area (Å²) >= 11 is 0. The number of carbonyl (C=O) groups excluding carboxylic acids is 1. The molecule has 5 N–H and O–H groups in total. The van der Waals surface area contributed by atoms with Crippen molar-refractivity contribution in [1.29, 1.82) is 0 Å². The van der Waals surface area contributed by atoms with Gasteiger partial charge in [0.2, 0.25) is 11.9 Å². The number of nitrogens with zero attached hydrogens (tertiary/aromatic N) is 3. The monoisotopic (exact) mass is 277 g/mol. The highest BCUT2D eigenvalue weighted by molar-refractivity contribution is 5.88. The van der Waals surface area contributed by atoms with E-state index in [2.05, 4.69) is 30.6 Å². The Labute approximate surface area is 116 Å². The van der Waals surface area contributed by atoms with Crippen LogP contribution in [0.15, 0.2) is 6.33 Å². The van der Waals surface area contributed by atoms with Crippen molar-refractivity contribution in [2.45, 2.75) is 26.8 Å². The van der Waals surface area contributed by atoms with Crippen molar-refractivity contribution in [2.24, 2.45) is 11.7 Å². The predicted molar refractivity (Wildman–Crippen MR) is 77.3 cm³/mol. The molecule has 0 radical (unpaired) electrons. The molecule has 20 heavy (non-hydrogen) atoms. The van der Waals surface area contributed by atoms with E-state index >= 15 is 0 Å². The third-order valence-corrected chi connectivity index (χ3v) is 2.89. The van der Waals surface area contributed by atoms with Crippen LogP contribution in [0.4, 0.5) is 11.8 Å². The molecule has 0 aliphatic rings. The first-order valence-electron chi connectivity index (χ1n) is 6.53. The molecule has 2 aromatic heterocycles. The number of fused-ring (bicyclic) bond motifs is 1. The molecule has 0 saturated heterocycles. The lowest BCUT2D eigenvalue weighted by Crippen LogP contribution is -2.39. The number of hydrogen-bond acceptors (Lipinski definition) is 6. The van der Waals surface area contributed by atoms with Gasteiger partial charge in [0.15, 0.2) is 11.5 Å². The second kappa shape index (κ2) is 5.72. The molecule has 1 atom stereocenters. The van der Waals surface area contributed by atoms with Gasteiger partial charge in [0, 0.05) is 6.54 Å². The van der Waals surface area contributed by atoms with Crippen LogP contribution in [0.5, 0.6) is 0 Å². The van der Waals surface area contributed by atoms with Crippen LogP contribution in [0.3, 0.4) is 0 Å². The Hall–Kier alpha value is -2.38. The van der Waals surface area contributed by atoms with Gasteiger partial charge in [-0.15, -0.1) is 0 Å². The van der Waals surface area contributed by atoms with Crippen LogP contribution in [-0.2, 0) is 4.79 Å². The van der Waals surface area contributed by atoms with E-state index in [1.165, 1.54) is 6.33 Å². The lowest BCUT2D eigenvalue weighted by molar-refractivity contribution is -0.119. The van der Waals surface area contributed by atoms with E-state index < -0.39 is 11.9 Å². The standard InChI is InChI=1S/C12H19N7O/c1-4-14-12-18-10-8(15-5-16-10)11(19-12)17-7(6(2)3)9(13)20/h5-7H,4H2,1-3H3,(H2,13,20)(H3,14,15,16,17,18,19). The molecule has 0 saturated carbocycles. The Morgan fingerprint density at radius 2 is 2.20 bits per heavy atom. The van der Waals surface area contributed by atoms with Crippen LogP contribution in [0.25, 0.3) is 11.2 Å². The molecule has 8 nitrogen and oxygen atoms in total. The first-order chi connectivity index (χ1) is 9.52. The first kappa shape index (κ1) is 14.0. The minimum Gasteiger partial charge on any atom is -0.368 e. The quantitative estimate of drug-likeness (QED) is 0.617. The van der Waals surface area contributed by atoms with Gasteiger partial charge in [0.25, 0.3) is 0 Å². The lowest BCUT2D eigenvalue weighted by atomic mass is 10.0. The highest BCUT2D eigenvalue weighted by Crippen LogP contribution is 2.20. The second-order valence-corrected chi connectivity index (χ2v) is 4.80. The summed E-state index contributed by atoms with van der Waals surface area (Å²) in [6.07, 6.45) is 1.54. The summed E-state index contributed by atoms with van der Waals surface area (Å²) in [5.41, 5.74) is 6.60. The topological polar surface area (TPSA) is 122 Å². The Balaban J connectivity index is 2.40. The molecule has 1 amide bonds. The molecule has 0 fully saturated rings. The van der Waals surface area contributed by atoms with Gasteiger partial charge in [-0.2, -0.15) is 9.97 Å². The van der Waals surface area contributed by atoms with Crippen LogP contribution >= 0.6 is 0 Å². The maximum atomic E-state index is 11.5. The average Bonchev–Trinajstić information content (AvgIpc) is 2.83. The van der Waals surface area contributed by atoms with Crippen LogP contribution in [0.1, 0.15) is 20.8 Å². The molecule has 0 bridgehead atoms. The largest absolute Gasteiger partial charge is 0.368 e. The van der Waals surface area contributed by atoms with Crippen molar-refractivity contribution in [3.63, 3.8) is 0 Å². The van der Waals surface area contributed by atoms with Crippen molar-refractivity contribution in [3.8, 4) is 0 Å². The number of nitrogens with two attached hydrogens (primary N) is 1. The second-order valence-electron chi connectivity index (χ2n) is 4.80. The predicted octanol–water partition coefficient (Wildman–Crippen LogP) is 0.706. The van der Waals surface area contributed by atoms with E-state index in [1.807, 2.05) is 20.8 Å². The van der Waals surface area contributed by atoms with E-state index in [4.69, 9.17) is 5.73 Å². The van der Waals surface area contributed by atoms with Crippen LogP contribution in [-0.4, -0.2) is 38.4 Å². The highest BCUT2D eigenvalue weighted by atomic mass is 16.1. The van der Waals surface area contributed by atoms with E-state index in [-0.39, 0.29) is 5.92 Å². The fourth-order valence-corrected chi connectivity index (χ4v) is 1.89. The fraction of sp³-hybridized carbons (Fsp3) is 0.500. The number of nitrogens with one attached hydrogen (secondary N) is 3. The maximum absolute atomic E-state index is 11.5. The number of aromatic nitrogens is 4. The molecule has 0 aromatic carbocycles. The summed E-state index contributed by atoms with van der Waals surface area (Å²) in [5, 5.41) is 6.10. The van der Waals surface area contributed by atoms with Crippen molar-refractivity contribution in [1.82, 2.24) is 19.9 Å². The molecular weight excluding hydrogens is 258 g/mol. The Morgan fingerprint density at radius 1 is 1.45 bits per heavy atom. The normalized spacial score (nSPS) is 12.6. The third-order valence-electron chi connectivity index (χ3n) is 2.89. The SMILES string of the molecule is CCNc1nc(NC(C(N)=O)C(C)C)c2[nH]cnc2n1. The van der Waals surface area contributed by atoms with E-state index in [0.29, 0.717) is 29.5 Å². The van der Waals surface area contributed by atoms with Gasteiger partial charge in [0.1, 0.15) is 11.6 Å². The number of imidazole rings is 1. The molecule has 0 aliphatic carbocycles. The first-order valence-corrected chi connectivity index (χ1v) is 6.53. The molecule has 2 aromatic rings. The number of carbonyl (C=O) groups is 1. The summed E-state index contributed by atoms with van der Waals surface area (Å²) in [4.78, 5) is 27.2. The number of hydrogen-bond donors (Lipinski definition) is 4. The molecule has 8 heteroatoms. The highest BCUT2D eigenvalue weighted by Gasteiger charge is 2.21. The summed E-state index contributed by atoms with van der Waals surface area (Å²) in [6.45, 7) is 6.47. The van der Waals surface area contributed by atoms with Crippen LogP contribution < -0.4 is 16.4 Å². The zero-order chi connectivity index (χ0) is 14.7. The zero-order valence-electron chi connectivity index (χ0n) is 11.8. The third kappa shape index (κ3) is 2.79. The van der Waals surface area contributed by atoms with Crippen molar-refractivity contribution in [2.75, 3.05) is 17.2 Å². The Bertz CT molecular complexity index is 607. The molecule has 108 valence electrons. The van der Waals surface area contributed by atoms with Crippen molar-refractivity contribution in [3.05, 3.63) is 6.33 Å². The van der Waals surface area contributed by atoms with Gasteiger partial charge < -0.3 is 21.4 Å². The van der Waals surface area contributed by atoms with Gasteiger partial charge in [-0.25, -0.2) is 4.98 Å². The molecule has 0 aliphatic heterocycles. The number of rotatable bonds is 6. The lowest BCUT2D eigenvalue weighted by Gasteiger charge is -2.20. The van der Waals surface area contributed by atoms with E-state index in [1.54, 1.807) is 0 Å². The van der Waals surface area contributed by atoms with Crippen molar-refractivity contribution >= 4 is 28.8 Å². The molecular formula is C12H19N7O. The van der Waals surface area contributed by atoms with Gasteiger partial charge in [-0.1, -0.05) is 13.8 Å². The smallest absolute Gasteiger partial charge is 0.240 e. The van der Waals surface area contributed by atoms with Gasteiger partial charge in [-0.3, -0.25) is 4.79 Å². The van der Waals surface area contributed by atoms with Gasteiger partial charge in [0.05, 0.1) is 6.33 Å². The minimum atomic E-state index is -0.508. The fourth-order valence-electron chi connectivity index (χ4n) is 1.89. The van der Waals surface area contributed by atoms with E-state index in [9.17, 15) is 4.79 Å². The number of aromatic amines is 1. The Morgan fingerprint density at radius 3 is 2.80 bits per heavy atom. The summed E-state index contributed by atoms with van der Waals surface area (Å²) in [5.74, 6) is 0.599. The van der Waals surface area contributed by atoms with Gasteiger partial charge >= 0.3 is 0 Å². The molecule has 1 unspecified atom stereocenters. The number of primary amides is 1. The molecule has 2 rings (SSSR count). The maximum Gasteiger partial charge on any atom is 0.240 e. The van der Waals surface area contributed by atoms with E-state index in [0.717, 1.165) is 0 Å². The number of amides is 1. The summed E-state index contributed by atoms with van der Waals surface area (Å²) in [6, 6.07) is -0.508. The van der Waals surface area contributed by atoms with Gasteiger partial charge in [-0.05, 0) is 12.8 Å². The molecule has 0 spiro atoms. The number of H-pyrrole nitrogens is 1. The van der Waals surface area contributed by atoms with Crippen LogP contribution in [0, 0.1) is 5.92 Å². The summed E-state index contributed by atoms with van der Waals surface area (Å²) < 4.78 is 0. The zero-order valence-corrected chi connectivity index (χ0v) is 11.8. The Kier molecular flexibility index (Phi) is 4.02. The number of anilines is 2. The average molecular weight is 277 g/mol.